The summed E-state index contributed by atoms with van der Waals surface area (Å²) < 4.78 is 1.56. The number of rotatable bonds is 4. The second-order valence-electron chi connectivity index (χ2n) is 4.38. The number of hydrogen-bond donors (Lipinski definition) is 2. The summed E-state index contributed by atoms with van der Waals surface area (Å²) in [5.41, 5.74) is 5.70. The summed E-state index contributed by atoms with van der Waals surface area (Å²) in [5.74, 6) is 4.25. The Kier molecular flexibility index (Phi) is 3.49. The first-order chi connectivity index (χ1) is 9.31. The van der Waals surface area contributed by atoms with Gasteiger partial charge in [-0.1, -0.05) is 0 Å². The molecule has 3 rings (SSSR count). The molecule has 19 heavy (non-hydrogen) atoms. The quantitative estimate of drug-likeness (QED) is 0.853. The highest BCUT2D eigenvalue weighted by Gasteiger charge is 2.16. The number of nitrogens with two attached hydrogens (primary N) is 1. The largest absolute Gasteiger partial charge is 0.368 e. The van der Waals surface area contributed by atoms with Crippen molar-refractivity contribution in [2.75, 3.05) is 29.1 Å². The zero-order valence-electron chi connectivity index (χ0n) is 10.4. The Hall–Kier alpha value is -1.83. The van der Waals surface area contributed by atoms with Gasteiger partial charge in [-0.05, 0) is 29.9 Å². The van der Waals surface area contributed by atoms with E-state index in [9.17, 15) is 0 Å². The van der Waals surface area contributed by atoms with Gasteiger partial charge in [0.15, 0.2) is 0 Å². The maximum absolute atomic E-state index is 5.70. The van der Waals surface area contributed by atoms with Gasteiger partial charge < -0.3 is 11.1 Å². The van der Waals surface area contributed by atoms with Crippen LogP contribution in [0.25, 0.3) is 5.95 Å². The van der Waals surface area contributed by atoms with Gasteiger partial charge in [0.25, 0.3) is 5.95 Å². The van der Waals surface area contributed by atoms with E-state index in [1.807, 2.05) is 17.8 Å². The first kappa shape index (κ1) is 12.2. The molecule has 1 atom stereocenters. The van der Waals surface area contributed by atoms with Crippen molar-refractivity contribution < 1.29 is 0 Å². The summed E-state index contributed by atoms with van der Waals surface area (Å²) in [6.07, 6.45) is 4.68. The molecule has 0 radical (unpaired) electrons. The predicted octanol–water partition coefficient (Wildman–Crippen LogP) is 0.804. The molecule has 8 heteroatoms. The molecule has 2 aromatic heterocycles. The van der Waals surface area contributed by atoms with Crippen LogP contribution in [-0.2, 0) is 0 Å². The van der Waals surface area contributed by atoms with Gasteiger partial charge in [0.1, 0.15) is 0 Å². The third-order valence-corrected chi connectivity index (χ3v) is 4.15. The van der Waals surface area contributed by atoms with Gasteiger partial charge in [-0.15, -0.1) is 0 Å². The Morgan fingerprint density at radius 2 is 2.37 bits per heavy atom. The van der Waals surface area contributed by atoms with E-state index in [-0.39, 0.29) is 5.95 Å². The van der Waals surface area contributed by atoms with E-state index in [1.54, 1.807) is 17.1 Å². The van der Waals surface area contributed by atoms with E-state index in [0.717, 1.165) is 6.54 Å². The van der Waals surface area contributed by atoms with Gasteiger partial charge in [0.2, 0.25) is 11.9 Å². The molecule has 1 aliphatic rings. The average Bonchev–Trinajstić information content (AvgIpc) is 3.09. The molecule has 1 fully saturated rings. The fourth-order valence-corrected chi connectivity index (χ4v) is 3.21. The molecule has 1 unspecified atom stereocenters. The summed E-state index contributed by atoms with van der Waals surface area (Å²) in [5, 5.41) is 7.32. The predicted molar refractivity (Wildman–Crippen MR) is 75.3 cm³/mol. The summed E-state index contributed by atoms with van der Waals surface area (Å²) in [7, 11) is 0. The van der Waals surface area contributed by atoms with Gasteiger partial charge in [0.05, 0.1) is 0 Å². The van der Waals surface area contributed by atoms with Crippen LogP contribution < -0.4 is 11.1 Å². The normalized spacial score (nSPS) is 18.6. The maximum Gasteiger partial charge on any atom is 0.257 e. The molecule has 1 saturated heterocycles. The van der Waals surface area contributed by atoms with Crippen molar-refractivity contribution in [1.29, 1.82) is 0 Å². The monoisotopic (exact) mass is 277 g/mol. The van der Waals surface area contributed by atoms with E-state index in [4.69, 9.17) is 5.73 Å². The smallest absolute Gasteiger partial charge is 0.257 e. The van der Waals surface area contributed by atoms with E-state index >= 15 is 0 Å². The number of thioether (sulfide) groups is 1. The molecule has 0 aliphatic carbocycles. The van der Waals surface area contributed by atoms with Crippen molar-refractivity contribution in [3.63, 3.8) is 0 Å². The lowest BCUT2D eigenvalue weighted by Crippen LogP contribution is -2.17. The van der Waals surface area contributed by atoms with Crippen LogP contribution in [0.3, 0.4) is 0 Å². The van der Waals surface area contributed by atoms with Crippen LogP contribution >= 0.6 is 11.8 Å². The topological polar surface area (TPSA) is 94.5 Å². The van der Waals surface area contributed by atoms with E-state index in [2.05, 4.69) is 25.4 Å². The Morgan fingerprint density at radius 3 is 3.11 bits per heavy atom. The SMILES string of the molecule is Nc1nc(NCC2CCSC2)nc(-n2cccn2)n1. The molecule has 7 nitrogen and oxygen atoms in total. The number of anilines is 2. The molecule has 0 bridgehead atoms. The molecule has 0 amide bonds. The third kappa shape index (κ3) is 2.95. The number of hydrogen-bond acceptors (Lipinski definition) is 7. The first-order valence-corrected chi connectivity index (χ1v) is 7.30. The summed E-state index contributed by atoms with van der Waals surface area (Å²) in [4.78, 5) is 12.5. The van der Waals surface area contributed by atoms with Crippen molar-refractivity contribution in [3.05, 3.63) is 18.5 Å². The van der Waals surface area contributed by atoms with Gasteiger partial charge in [-0.3, -0.25) is 0 Å². The zero-order chi connectivity index (χ0) is 13.1. The molecule has 3 heterocycles. The summed E-state index contributed by atoms with van der Waals surface area (Å²) in [6.45, 7) is 0.870. The summed E-state index contributed by atoms with van der Waals surface area (Å²) >= 11 is 1.99. The van der Waals surface area contributed by atoms with E-state index in [0.29, 0.717) is 17.8 Å². The minimum atomic E-state index is 0.198. The molecule has 0 aromatic carbocycles. The van der Waals surface area contributed by atoms with Gasteiger partial charge in [-0.25, -0.2) is 4.68 Å². The highest BCUT2D eigenvalue weighted by atomic mass is 32.2. The second-order valence-corrected chi connectivity index (χ2v) is 5.53. The first-order valence-electron chi connectivity index (χ1n) is 6.14. The van der Waals surface area contributed by atoms with Gasteiger partial charge in [-0.2, -0.15) is 31.8 Å². The fraction of sp³-hybridized carbons (Fsp3) is 0.455. The maximum atomic E-state index is 5.70. The standard InChI is InChI=1S/C11H15N7S/c12-9-15-10(13-6-8-2-5-19-7-8)17-11(16-9)18-4-1-3-14-18/h1,3-4,8H,2,5-7H2,(H3,12,13,15,16,17). The number of nitrogens with one attached hydrogen (secondary N) is 1. The van der Waals surface area contributed by atoms with Crippen molar-refractivity contribution in [2.45, 2.75) is 6.42 Å². The molecular formula is C11H15N7S. The van der Waals surface area contributed by atoms with Crippen LogP contribution in [-0.4, -0.2) is 42.8 Å². The minimum absolute atomic E-state index is 0.198. The van der Waals surface area contributed by atoms with Crippen LogP contribution in [0.1, 0.15) is 6.42 Å². The van der Waals surface area contributed by atoms with Crippen LogP contribution in [0, 0.1) is 5.92 Å². The third-order valence-electron chi connectivity index (χ3n) is 2.92. The van der Waals surface area contributed by atoms with E-state index < -0.39 is 0 Å². The molecule has 0 saturated carbocycles. The van der Waals surface area contributed by atoms with Crippen LogP contribution in [0.4, 0.5) is 11.9 Å². The molecule has 0 spiro atoms. The fourth-order valence-electron chi connectivity index (χ4n) is 1.93. The van der Waals surface area contributed by atoms with Crippen molar-refractivity contribution in [2.24, 2.45) is 5.92 Å². The lowest BCUT2D eigenvalue weighted by molar-refractivity contribution is 0.628. The lowest BCUT2D eigenvalue weighted by Gasteiger charge is -2.10. The Labute approximate surface area is 115 Å². The highest BCUT2D eigenvalue weighted by Crippen LogP contribution is 2.23. The molecule has 2 aromatic rings. The number of aromatic nitrogens is 5. The lowest BCUT2D eigenvalue weighted by atomic mass is 10.1. The number of nitrogens with zero attached hydrogens (tertiary/aromatic N) is 5. The van der Waals surface area contributed by atoms with Crippen LogP contribution in [0.2, 0.25) is 0 Å². The molecule has 3 N–H and O–H groups in total. The second kappa shape index (κ2) is 5.43. The van der Waals surface area contributed by atoms with Crippen molar-refractivity contribution in [1.82, 2.24) is 24.7 Å². The van der Waals surface area contributed by atoms with E-state index in [1.165, 1.54) is 17.9 Å². The molecular weight excluding hydrogens is 262 g/mol. The Bertz CT molecular complexity index is 536. The van der Waals surface area contributed by atoms with Crippen molar-refractivity contribution in [3.8, 4) is 5.95 Å². The highest BCUT2D eigenvalue weighted by molar-refractivity contribution is 7.99. The van der Waals surface area contributed by atoms with Crippen molar-refractivity contribution >= 4 is 23.7 Å². The van der Waals surface area contributed by atoms with Crippen LogP contribution in [0.15, 0.2) is 18.5 Å². The number of nitrogen functional groups attached to an aromatic ring is 1. The molecule has 1 aliphatic heterocycles. The van der Waals surface area contributed by atoms with Crippen LogP contribution in [0.5, 0.6) is 0 Å². The van der Waals surface area contributed by atoms with Gasteiger partial charge >= 0.3 is 0 Å². The van der Waals surface area contributed by atoms with Gasteiger partial charge in [0, 0.05) is 18.9 Å². The Balaban J connectivity index is 1.74. The Morgan fingerprint density at radius 1 is 1.42 bits per heavy atom. The summed E-state index contributed by atoms with van der Waals surface area (Å²) in [6, 6.07) is 1.81. The minimum Gasteiger partial charge on any atom is -0.368 e. The average molecular weight is 277 g/mol. The molecule has 100 valence electrons. The zero-order valence-corrected chi connectivity index (χ0v) is 11.2.